The Hall–Kier alpha value is -0.420. The topological polar surface area (TPSA) is 58.6 Å². The largest absolute Gasteiger partial charge is 0.447 e. The summed E-state index contributed by atoms with van der Waals surface area (Å²) in [5.41, 5.74) is 0. The molecule has 0 spiro atoms. The standard InChI is InChI=1S/C9H19NO3S/c1-3-14-7-4-8(2)10-9(12)13-6-5-11/h8,11H,3-7H2,1-2H3,(H,10,12). The van der Waals surface area contributed by atoms with E-state index in [0.717, 1.165) is 17.9 Å². The van der Waals surface area contributed by atoms with Gasteiger partial charge in [-0.2, -0.15) is 11.8 Å². The van der Waals surface area contributed by atoms with Crippen molar-refractivity contribution in [2.24, 2.45) is 0 Å². The number of amides is 1. The molecule has 0 fully saturated rings. The highest BCUT2D eigenvalue weighted by Gasteiger charge is 2.06. The molecule has 0 radical (unpaired) electrons. The van der Waals surface area contributed by atoms with Crippen molar-refractivity contribution < 1.29 is 14.6 Å². The summed E-state index contributed by atoms with van der Waals surface area (Å²) in [6, 6.07) is 0.125. The Morgan fingerprint density at radius 3 is 2.93 bits per heavy atom. The second kappa shape index (κ2) is 9.15. The molecule has 0 rings (SSSR count). The van der Waals surface area contributed by atoms with Gasteiger partial charge in [-0.05, 0) is 24.9 Å². The Morgan fingerprint density at radius 1 is 1.64 bits per heavy atom. The van der Waals surface area contributed by atoms with E-state index in [1.54, 1.807) is 0 Å². The van der Waals surface area contributed by atoms with E-state index in [-0.39, 0.29) is 19.3 Å². The van der Waals surface area contributed by atoms with Crippen molar-refractivity contribution in [3.8, 4) is 0 Å². The van der Waals surface area contributed by atoms with Gasteiger partial charge in [0.05, 0.1) is 6.61 Å². The molecule has 14 heavy (non-hydrogen) atoms. The van der Waals surface area contributed by atoms with E-state index >= 15 is 0 Å². The normalized spacial score (nSPS) is 12.2. The summed E-state index contributed by atoms with van der Waals surface area (Å²) in [5, 5.41) is 11.1. The van der Waals surface area contributed by atoms with E-state index in [9.17, 15) is 4.79 Å². The first-order valence-electron chi connectivity index (χ1n) is 4.82. The lowest BCUT2D eigenvalue weighted by atomic mass is 10.3. The van der Waals surface area contributed by atoms with Crippen molar-refractivity contribution in [1.82, 2.24) is 5.32 Å². The first kappa shape index (κ1) is 13.6. The van der Waals surface area contributed by atoms with Crippen LogP contribution in [0.25, 0.3) is 0 Å². The van der Waals surface area contributed by atoms with Gasteiger partial charge in [0.25, 0.3) is 0 Å². The molecule has 0 saturated carbocycles. The van der Waals surface area contributed by atoms with Crippen LogP contribution < -0.4 is 5.32 Å². The number of aliphatic hydroxyl groups excluding tert-OH is 1. The zero-order chi connectivity index (χ0) is 10.8. The summed E-state index contributed by atoms with van der Waals surface area (Å²) in [6.07, 6.45) is 0.486. The fourth-order valence-corrected chi connectivity index (χ4v) is 1.67. The van der Waals surface area contributed by atoms with Crippen LogP contribution in [0, 0.1) is 0 Å². The Morgan fingerprint density at radius 2 is 2.36 bits per heavy atom. The van der Waals surface area contributed by atoms with Crippen LogP contribution in [-0.4, -0.2) is 42.0 Å². The monoisotopic (exact) mass is 221 g/mol. The second-order valence-electron chi connectivity index (χ2n) is 2.89. The summed E-state index contributed by atoms with van der Waals surface area (Å²) in [4.78, 5) is 11.0. The van der Waals surface area contributed by atoms with Gasteiger partial charge in [0.15, 0.2) is 0 Å². The summed E-state index contributed by atoms with van der Waals surface area (Å²) in [6.45, 7) is 3.98. The fourth-order valence-electron chi connectivity index (χ4n) is 0.858. The van der Waals surface area contributed by atoms with Crippen LogP contribution in [0.2, 0.25) is 0 Å². The average Bonchev–Trinajstić information content (AvgIpc) is 2.15. The lowest BCUT2D eigenvalue weighted by Gasteiger charge is -2.12. The summed E-state index contributed by atoms with van der Waals surface area (Å²) >= 11 is 1.85. The van der Waals surface area contributed by atoms with Crippen molar-refractivity contribution in [2.75, 3.05) is 24.7 Å². The van der Waals surface area contributed by atoms with Crippen LogP contribution in [-0.2, 0) is 4.74 Å². The number of hydrogen-bond acceptors (Lipinski definition) is 4. The van der Waals surface area contributed by atoms with Crippen LogP contribution in [0.15, 0.2) is 0 Å². The third-order valence-corrected chi connectivity index (χ3v) is 2.52. The molecule has 0 aliphatic carbocycles. The van der Waals surface area contributed by atoms with Crippen molar-refractivity contribution >= 4 is 17.9 Å². The number of alkyl carbamates (subject to hydrolysis) is 1. The summed E-state index contributed by atoms with van der Waals surface area (Å²) in [7, 11) is 0. The molecule has 5 heteroatoms. The minimum atomic E-state index is -0.451. The van der Waals surface area contributed by atoms with Gasteiger partial charge in [-0.1, -0.05) is 6.92 Å². The van der Waals surface area contributed by atoms with E-state index in [1.807, 2.05) is 18.7 Å². The van der Waals surface area contributed by atoms with Crippen LogP contribution in [0.1, 0.15) is 20.3 Å². The lowest BCUT2D eigenvalue weighted by molar-refractivity contribution is 0.116. The molecule has 1 unspecified atom stereocenters. The molecular weight excluding hydrogens is 202 g/mol. The predicted octanol–water partition coefficient (Wildman–Crippen LogP) is 1.24. The molecule has 0 bridgehead atoms. The van der Waals surface area contributed by atoms with Crippen LogP contribution in [0.3, 0.4) is 0 Å². The van der Waals surface area contributed by atoms with Gasteiger partial charge in [-0.15, -0.1) is 0 Å². The molecule has 0 aromatic heterocycles. The highest BCUT2D eigenvalue weighted by molar-refractivity contribution is 7.99. The average molecular weight is 221 g/mol. The molecule has 0 aromatic rings. The van der Waals surface area contributed by atoms with Crippen LogP contribution in [0.4, 0.5) is 4.79 Å². The van der Waals surface area contributed by atoms with Crippen molar-refractivity contribution in [3.63, 3.8) is 0 Å². The minimum Gasteiger partial charge on any atom is -0.447 e. The molecular formula is C9H19NO3S. The lowest BCUT2D eigenvalue weighted by Crippen LogP contribution is -2.33. The maximum Gasteiger partial charge on any atom is 0.407 e. The van der Waals surface area contributed by atoms with E-state index in [1.165, 1.54) is 0 Å². The molecule has 84 valence electrons. The molecule has 2 N–H and O–H groups in total. The van der Waals surface area contributed by atoms with Crippen LogP contribution >= 0.6 is 11.8 Å². The molecule has 1 amide bonds. The van der Waals surface area contributed by atoms with Crippen molar-refractivity contribution in [1.29, 1.82) is 0 Å². The Bertz CT molecular complexity index is 155. The van der Waals surface area contributed by atoms with E-state index in [2.05, 4.69) is 17.0 Å². The van der Waals surface area contributed by atoms with Gasteiger partial charge in [0.2, 0.25) is 0 Å². The maximum atomic E-state index is 11.0. The molecule has 0 saturated heterocycles. The fraction of sp³-hybridized carbons (Fsp3) is 0.889. The van der Waals surface area contributed by atoms with E-state index in [4.69, 9.17) is 5.11 Å². The number of hydrogen-bond donors (Lipinski definition) is 2. The first-order valence-corrected chi connectivity index (χ1v) is 5.98. The van der Waals surface area contributed by atoms with Gasteiger partial charge < -0.3 is 15.2 Å². The van der Waals surface area contributed by atoms with Crippen molar-refractivity contribution in [3.05, 3.63) is 0 Å². The molecule has 0 aliphatic heterocycles. The minimum absolute atomic E-state index is 0.0578. The number of carbonyl (C=O) groups excluding carboxylic acids is 1. The number of rotatable bonds is 7. The van der Waals surface area contributed by atoms with Gasteiger partial charge in [0, 0.05) is 6.04 Å². The van der Waals surface area contributed by atoms with Crippen LogP contribution in [0.5, 0.6) is 0 Å². The first-order chi connectivity index (χ1) is 6.70. The van der Waals surface area contributed by atoms with Gasteiger partial charge in [-0.3, -0.25) is 0 Å². The predicted molar refractivity (Wildman–Crippen MR) is 58.6 cm³/mol. The van der Waals surface area contributed by atoms with E-state index in [0.29, 0.717) is 0 Å². The SMILES string of the molecule is CCSCCC(C)NC(=O)OCCO. The molecule has 0 aromatic carbocycles. The molecule has 1 atom stereocenters. The van der Waals surface area contributed by atoms with Gasteiger partial charge in [-0.25, -0.2) is 4.79 Å². The quantitative estimate of drug-likeness (QED) is 0.635. The van der Waals surface area contributed by atoms with Gasteiger partial charge >= 0.3 is 6.09 Å². The third kappa shape index (κ3) is 8.19. The summed E-state index contributed by atoms with van der Waals surface area (Å²) in [5.74, 6) is 2.14. The maximum absolute atomic E-state index is 11.0. The molecule has 4 nitrogen and oxygen atoms in total. The van der Waals surface area contributed by atoms with E-state index < -0.39 is 6.09 Å². The number of nitrogens with one attached hydrogen (secondary N) is 1. The number of aliphatic hydroxyl groups is 1. The third-order valence-electron chi connectivity index (χ3n) is 1.59. The van der Waals surface area contributed by atoms with Crippen molar-refractivity contribution in [2.45, 2.75) is 26.3 Å². The van der Waals surface area contributed by atoms with Gasteiger partial charge in [0.1, 0.15) is 6.61 Å². The number of thioether (sulfide) groups is 1. The Labute approximate surface area is 89.4 Å². The smallest absolute Gasteiger partial charge is 0.407 e. The summed E-state index contributed by atoms with van der Waals surface area (Å²) < 4.78 is 4.66. The second-order valence-corrected chi connectivity index (χ2v) is 4.28. The molecule has 0 heterocycles. The zero-order valence-electron chi connectivity index (χ0n) is 8.78. The Kier molecular flexibility index (Phi) is 8.87. The number of carbonyl (C=O) groups is 1. The zero-order valence-corrected chi connectivity index (χ0v) is 9.60. The Balaban J connectivity index is 3.40. The molecule has 0 aliphatic rings. The highest BCUT2D eigenvalue weighted by Crippen LogP contribution is 2.03. The number of ether oxygens (including phenoxy) is 1. The highest BCUT2D eigenvalue weighted by atomic mass is 32.2.